The molecule has 8 rings (SSSR count). The van der Waals surface area contributed by atoms with Crippen LogP contribution in [0.15, 0.2) is 140 Å². The molecule has 0 radical (unpaired) electrons. The Morgan fingerprint density at radius 2 is 1.00 bits per heavy atom. The largest absolute Gasteiger partial charge is 0.458 e. The molecule has 0 saturated carbocycles. The van der Waals surface area contributed by atoms with Crippen molar-refractivity contribution in [3.05, 3.63) is 140 Å². The van der Waals surface area contributed by atoms with Crippen molar-refractivity contribution in [3.8, 4) is 56.4 Å². The van der Waals surface area contributed by atoms with Crippen molar-refractivity contribution in [2.75, 3.05) is 0 Å². The molecule has 182 valence electrons. The molecule has 6 aromatic carbocycles. The van der Waals surface area contributed by atoms with E-state index in [0.717, 1.165) is 61.6 Å². The van der Waals surface area contributed by atoms with Crippen LogP contribution in [0.25, 0.3) is 33.4 Å². The maximum absolute atomic E-state index is 6.82. The maximum atomic E-state index is 6.82. The Morgan fingerprint density at radius 3 is 1.69 bits per heavy atom. The van der Waals surface area contributed by atoms with Crippen LogP contribution < -0.4 is 25.9 Å². The summed E-state index contributed by atoms with van der Waals surface area (Å²) < 4.78 is 13.4. The van der Waals surface area contributed by atoms with Gasteiger partial charge in [-0.05, 0) is 56.9 Å². The monoisotopic (exact) mass is 498 g/mol. The van der Waals surface area contributed by atoms with Gasteiger partial charge >= 0.3 is 0 Å². The highest BCUT2D eigenvalue weighted by Gasteiger charge is 2.41. The second-order valence-electron chi connectivity index (χ2n) is 10.1. The number of hydrogen-bond acceptors (Lipinski definition) is 2. The van der Waals surface area contributed by atoms with Crippen LogP contribution >= 0.6 is 0 Å². The van der Waals surface area contributed by atoms with Crippen molar-refractivity contribution < 1.29 is 9.47 Å². The molecule has 0 amide bonds. The summed E-state index contributed by atoms with van der Waals surface area (Å²) in [5, 5.41) is 0. The zero-order chi connectivity index (χ0) is 25.8. The van der Waals surface area contributed by atoms with E-state index < -0.39 is 0 Å². The van der Waals surface area contributed by atoms with Gasteiger partial charge in [-0.3, -0.25) is 0 Å². The van der Waals surface area contributed by atoms with E-state index in [4.69, 9.17) is 9.47 Å². The number of benzene rings is 6. The molecule has 0 spiro atoms. The minimum atomic E-state index is -0.000326. The predicted octanol–water partition coefficient (Wildman–Crippen LogP) is 7.42. The summed E-state index contributed by atoms with van der Waals surface area (Å²) in [5.74, 6) is 3.51. The normalized spacial score (nSPS) is 12.5. The molecule has 2 heterocycles. The fourth-order valence-corrected chi connectivity index (χ4v) is 5.98. The molecule has 0 fully saturated rings. The number of hydrogen-bond donors (Lipinski definition) is 0. The van der Waals surface area contributed by atoms with Gasteiger partial charge in [0.05, 0.1) is 0 Å². The third-order valence-corrected chi connectivity index (χ3v) is 7.80. The lowest BCUT2D eigenvalue weighted by Crippen LogP contribution is -2.57. The summed E-state index contributed by atoms with van der Waals surface area (Å²) in [6.45, 7) is -0.000326. The standard InChI is InChI=1S/C36H23BO2/c1-4-11-24(12-5-1)27-19-20-32-31(21-27)37-30-18-10-17-29(26-15-8-3-9-16-26)36(30)39-34-23-28(22-33(38-32)35(34)37)25-13-6-2-7-14-25/h1-23H. The Hall–Kier alpha value is -5.02. The lowest BCUT2D eigenvalue weighted by Gasteiger charge is -2.34. The molecule has 39 heavy (non-hydrogen) atoms. The van der Waals surface area contributed by atoms with Crippen molar-refractivity contribution >= 4 is 23.1 Å². The third kappa shape index (κ3) is 3.59. The van der Waals surface area contributed by atoms with Crippen molar-refractivity contribution in [3.63, 3.8) is 0 Å². The van der Waals surface area contributed by atoms with Gasteiger partial charge < -0.3 is 9.47 Å². The van der Waals surface area contributed by atoms with E-state index in [-0.39, 0.29) is 6.71 Å². The smallest absolute Gasteiger partial charge is 0.260 e. The van der Waals surface area contributed by atoms with Gasteiger partial charge in [-0.15, -0.1) is 0 Å². The topological polar surface area (TPSA) is 18.5 Å². The average Bonchev–Trinajstić information content (AvgIpc) is 3.01. The molecule has 0 saturated heterocycles. The van der Waals surface area contributed by atoms with Crippen LogP contribution in [-0.2, 0) is 0 Å². The van der Waals surface area contributed by atoms with E-state index in [9.17, 15) is 0 Å². The summed E-state index contributed by atoms with van der Waals surface area (Å²) in [6.07, 6.45) is 0. The minimum absolute atomic E-state index is 0.000326. The highest BCUT2D eigenvalue weighted by Crippen LogP contribution is 2.41. The molecule has 2 aliphatic heterocycles. The van der Waals surface area contributed by atoms with Gasteiger partial charge in [-0.25, -0.2) is 0 Å². The van der Waals surface area contributed by atoms with Crippen molar-refractivity contribution in [2.45, 2.75) is 0 Å². The van der Waals surface area contributed by atoms with Crippen LogP contribution in [0.3, 0.4) is 0 Å². The fourth-order valence-electron chi connectivity index (χ4n) is 5.98. The number of rotatable bonds is 3. The van der Waals surface area contributed by atoms with Crippen molar-refractivity contribution in [1.82, 2.24) is 0 Å². The average molecular weight is 498 g/mol. The molecule has 2 nitrogen and oxygen atoms in total. The molecular weight excluding hydrogens is 475 g/mol. The molecule has 0 atom stereocenters. The van der Waals surface area contributed by atoms with Crippen LogP contribution in [0.4, 0.5) is 0 Å². The number of fused-ring (bicyclic) bond motifs is 4. The van der Waals surface area contributed by atoms with Crippen LogP contribution in [-0.4, -0.2) is 6.71 Å². The predicted molar refractivity (Wildman–Crippen MR) is 160 cm³/mol. The van der Waals surface area contributed by atoms with E-state index >= 15 is 0 Å². The molecule has 6 aromatic rings. The molecule has 0 aliphatic carbocycles. The molecule has 0 N–H and O–H groups in total. The van der Waals surface area contributed by atoms with Crippen LogP contribution in [0, 0.1) is 0 Å². The van der Waals surface area contributed by atoms with E-state index in [0.29, 0.717) is 0 Å². The zero-order valence-electron chi connectivity index (χ0n) is 21.2. The first-order valence-corrected chi connectivity index (χ1v) is 13.3. The Bertz CT molecular complexity index is 1850. The Kier molecular flexibility index (Phi) is 4.96. The Morgan fingerprint density at radius 1 is 0.385 bits per heavy atom. The minimum Gasteiger partial charge on any atom is -0.458 e. The Labute approximate surface area is 228 Å². The second-order valence-corrected chi connectivity index (χ2v) is 10.1. The quantitative estimate of drug-likeness (QED) is 0.236. The van der Waals surface area contributed by atoms with Crippen molar-refractivity contribution in [1.29, 1.82) is 0 Å². The number of ether oxygens (including phenoxy) is 2. The van der Waals surface area contributed by atoms with Crippen LogP contribution in [0.5, 0.6) is 23.0 Å². The molecule has 0 bridgehead atoms. The lowest BCUT2D eigenvalue weighted by atomic mass is 9.34. The first-order chi connectivity index (χ1) is 19.3. The van der Waals surface area contributed by atoms with E-state index in [1.807, 2.05) is 12.1 Å². The van der Waals surface area contributed by atoms with E-state index in [1.54, 1.807) is 0 Å². The fraction of sp³-hybridized carbons (Fsp3) is 0. The van der Waals surface area contributed by atoms with Gasteiger partial charge in [-0.2, -0.15) is 0 Å². The van der Waals surface area contributed by atoms with E-state index in [2.05, 4.69) is 127 Å². The van der Waals surface area contributed by atoms with Gasteiger partial charge in [0, 0.05) is 11.0 Å². The van der Waals surface area contributed by atoms with Crippen LogP contribution in [0.1, 0.15) is 0 Å². The lowest BCUT2D eigenvalue weighted by molar-refractivity contribution is 0.466. The van der Waals surface area contributed by atoms with Gasteiger partial charge in [0.25, 0.3) is 6.71 Å². The molecule has 3 heteroatoms. The zero-order valence-corrected chi connectivity index (χ0v) is 21.2. The molecule has 0 unspecified atom stereocenters. The highest BCUT2D eigenvalue weighted by atomic mass is 16.5. The second kappa shape index (κ2) is 8.78. The highest BCUT2D eigenvalue weighted by molar-refractivity contribution is 6.98. The maximum Gasteiger partial charge on any atom is 0.260 e. The molecule has 0 aromatic heterocycles. The van der Waals surface area contributed by atoms with Crippen molar-refractivity contribution in [2.24, 2.45) is 0 Å². The van der Waals surface area contributed by atoms with Gasteiger partial charge in [0.15, 0.2) is 0 Å². The SMILES string of the molecule is c1ccc(-c2cc3c4c(c2)Oc2c(cccc2-c2ccccc2)B4c2cc(-c4ccccc4)ccc2O3)cc1. The van der Waals surface area contributed by atoms with E-state index in [1.165, 1.54) is 11.1 Å². The summed E-state index contributed by atoms with van der Waals surface area (Å²) in [4.78, 5) is 0. The third-order valence-electron chi connectivity index (χ3n) is 7.80. The van der Waals surface area contributed by atoms with Gasteiger partial charge in [0.2, 0.25) is 0 Å². The summed E-state index contributed by atoms with van der Waals surface area (Å²) in [6, 6.07) is 48.8. The number of para-hydroxylation sites is 1. The van der Waals surface area contributed by atoms with Gasteiger partial charge in [0.1, 0.15) is 23.0 Å². The molecular formula is C36H23BO2. The molecule has 2 aliphatic rings. The summed E-state index contributed by atoms with van der Waals surface area (Å²) in [7, 11) is 0. The van der Waals surface area contributed by atoms with Gasteiger partial charge in [-0.1, -0.05) is 121 Å². The first kappa shape index (κ1) is 22.0. The first-order valence-electron chi connectivity index (χ1n) is 13.3. The summed E-state index contributed by atoms with van der Waals surface area (Å²) in [5.41, 5.74) is 10.2. The Balaban J connectivity index is 1.39. The summed E-state index contributed by atoms with van der Waals surface area (Å²) >= 11 is 0. The van der Waals surface area contributed by atoms with Crippen LogP contribution in [0.2, 0.25) is 0 Å².